The second-order valence-electron chi connectivity index (χ2n) is 4.36. The Labute approximate surface area is 125 Å². The quantitative estimate of drug-likeness (QED) is 0.616. The molecule has 0 spiro atoms. The van der Waals surface area contributed by atoms with Crippen molar-refractivity contribution in [3.63, 3.8) is 0 Å². The van der Waals surface area contributed by atoms with Crippen molar-refractivity contribution in [2.24, 2.45) is 0 Å². The van der Waals surface area contributed by atoms with Gasteiger partial charge in [-0.25, -0.2) is 0 Å². The van der Waals surface area contributed by atoms with Gasteiger partial charge in [0.1, 0.15) is 0 Å². The maximum atomic E-state index is 12.8. The number of carbonyl (C=O) groups excluding carboxylic acids is 2. The summed E-state index contributed by atoms with van der Waals surface area (Å²) in [5, 5.41) is 0. The van der Waals surface area contributed by atoms with E-state index < -0.39 is 29.6 Å². The summed E-state index contributed by atoms with van der Waals surface area (Å²) < 4.78 is 48.0. The predicted molar refractivity (Wildman–Crippen MR) is 70.0 cm³/mol. The zero-order valence-corrected chi connectivity index (χ0v) is 12.4. The average Bonchev–Trinajstić information content (AvgIpc) is 2.37. The SMILES string of the molecule is CCOC(=O)C(C(=O)OCC)c1cc(C(F)(F)F)cc(C)n1. The number of nitrogens with zero attached hydrogens (tertiary/aromatic N) is 1. The molecule has 0 aliphatic rings. The number of rotatable bonds is 5. The molecule has 1 heterocycles. The molecule has 22 heavy (non-hydrogen) atoms. The van der Waals surface area contributed by atoms with Crippen LogP contribution in [0.5, 0.6) is 0 Å². The first kappa shape index (κ1) is 17.9. The van der Waals surface area contributed by atoms with Crippen LogP contribution < -0.4 is 0 Å². The van der Waals surface area contributed by atoms with Gasteiger partial charge >= 0.3 is 18.1 Å². The van der Waals surface area contributed by atoms with Gasteiger partial charge in [0.15, 0.2) is 5.92 Å². The summed E-state index contributed by atoms with van der Waals surface area (Å²) in [6.07, 6.45) is -4.61. The molecule has 0 aromatic carbocycles. The maximum absolute atomic E-state index is 12.8. The van der Waals surface area contributed by atoms with Crippen molar-refractivity contribution < 1.29 is 32.2 Å². The van der Waals surface area contributed by atoms with Crippen LogP contribution in [0.25, 0.3) is 0 Å². The number of carbonyl (C=O) groups is 2. The van der Waals surface area contributed by atoms with Crippen LogP contribution in [0.3, 0.4) is 0 Å². The molecule has 0 saturated carbocycles. The lowest BCUT2D eigenvalue weighted by Crippen LogP contribution is -2.27. The minimum absolute atomic E-state index is 0.0211. The number of hydrogen-bond donors (Lipinski definition) is 0. The topological polar surface area (TPSA) is 65.5 Å². The highest BCUT2D eigenvalue weighted by molar-refractivity contribution is 6.00. The first-order chi connectivity index (χ1) is 10.2. The van der Waals surface area contributed by atoms with Crippen LogP contribution in [-0.4, -0.2) is 30.1 Å². The number of halogens is 3. The number of esters is 2. The van der Waals surface area contributed by atoms with Crippen LogP contribution in [0.4, 0.5) is 13.2 Å². The Balaban J connectivity index is 3.32. The lowest BCUT2D eigenvalue weighted by Gasteiger charge is -2.16. The largest absolute Gasteiger partial charge is 0.465 e. The minimum atomic E-state index is -4.61. The smallest absolute Gasteiger partial charge is 0.416 e. The molecule has 0 atom stereocenters. The van der Waals surface area contributed by atoms with Crippen molar-refractivity contribution in [1.29, 1.82) is 0 Å². The van der Waals surface area contributed by atoms with Gasteiger partial charge in [0.05, 0.1) is 24.5 Å². The second kappa shape index (κ2) is 7.24. The van der Waals surface area contributed by atoms with E-state index >= 15 is 0 Å². The fourth-order valence-electron chi connectivity index (χ4n) is 1.79. The standard InChI is InChI=1S/C14H16F3NO4/c1-4-21-12(19)11(13(20)22-5-2)10-7-9(14(15,16)17)6-8(3)18-10/h6-7,11H,4-5H2,1-3H3. The van der Waals surface area contributed by atoms with Gasteiger partial charge in [-0.05, 0) is 32.9 Å². The van der Waals surface area contributed by atoms with Crippen molar-refractivity contribution in [1.82, 2.24) is 4.98 Å². The molecule has 0 aliphatic heterocycles. The van der Waals surface area contributed by atoms with Crippen LogP contribution in [0, 0.1) is 6.92 Å². The molecule has 0 radical (unpaired) electrons. The molecule has 0 bridgehead atoms. The Morgan fingerprint density at radius 2 is 1.64 bits per heavy atom. The van der Waals surface area contributed by atoms with Crippen LogP contribution >= 0.6 is 0 Å². The van der Waals surface area contributed by atoms with Gasteiger partial charge in [-0.3, -0.25) is 14.6 Å². The first-order valence-electron chi connectivity index (χ1n) is 6.59. The van der Waals surface area contributed by atoms with E-state index in [1.165, 1.54) is 20.8 Å². The van der Waals surface area contributed by atoms with Gasteiger partial charge in [0.2, 0.25) is 0 Å². The lowest BCUT2D eigenvalue weighted by atomic mass is 10.0. The Morgan fingerprint density at radius 3 is 2.05 bits per heavy atom. The molecule has 0 N–H and O–H groups in total. The zero-order chi connectivity index (χ0) is 16.9. The monoisotopic (exact) mass is 319 g/mol. The van der Waals surface area contributed by atoms with E-state index in [9.17, 15) is 22.8 Å². The number of ether oxygens (including phenoxy) is 2. The molecule has 1 aromatic rings. The maximum Gasteiger partial charge on any atom is 0.416 e. The summed E-state index contributed by atoms with van der Waals surface area (Å²) in [5.74, 6) is -3.62. The lowest BCUT2D eigenvalue weighted by molar-refractivity contribution is -0.157. The molecule has 122 valence electrons. The molecule has 1 rings (SSSR count). The molecule has 0 unspecified atom stereocenters. The van der Waals surface area contributed by atoms with Gasteiger partial charge in [-0.1, -0.05) is 0 Å². The van der Waals surface area contributed by atoms with Gasteiger partial charge < -0.3 is 9.47 Å². The number of alkyl halides is 3. The molecule has 0 aliphatic carbocycles. The number of pyridine rings is 1. The van der Waals surface area contributed by atoms with Crippen molar-refractivity contribution in [2.75, 3.05) is 13.2 Å². The van der Waals surface area contributed by atoms with Crippen molar-refractivity contribution in [2.45, 2.75) is 32.9 Å². The van der Waals surface area contributed by atoms with Crippen molar-refractivity contribution in [3.05, 3.63) is 29.1 Å². The van der Waals surface area contributed by atoms with Gasteiger partial charge in [0, 0.05) is 5.69 Å². The summed E-state index contributed by atoms with van der Waals surface area (Å²) in [6, 6.07) is 1.49. The summed E-state index contributed by atoms with van der Waals surface area (Å²) in [4.78, 5) is 27.6. The third kappa shape index (κ3) is 4.44. The van der Waals surface area contributed by atoms with Crippen LogP contribution in [0.2, 0.25) is 0 Å². The van der Waals surface area contributed by atoms with Crippen LogP contribution in [0.1, 0.15) is 36.7 Å². The number of hydrogen-bond acceptors (Lipinski definition) is 5. The summed E-state index contributed by atoms with van der Waals surface area (Å²) in [5.41, 5.74) is -1.30. The number of aryl methyl sites for hydroxylation is 1. The minimum Gasteiger partial charge on any atom is -0.465 e. The second-order valence-corrected chi connectivity index (χ2v) is 4.36. The highest BCUT2D eigenvalue weighted by atomic mass is 19.4. The Kier molecular flexibility index (Phi) is 5.90. The molecule has 0 amide bonds. The molecular weight excluding hydrogens is 303 g/mol. The fraction of sp³-hybridized carbons (Fsp3) is 0.500. The predicted octanol–water partition coefficient (Wildman–Crippen LogP) is 2.62. The molecular formula is C14H16F3NO4. The van der Waals surface area contributed by atoms with E-state index in [0.717, 1.165) is 6.07 Å². The zero-order valence-electron chi connectivity index (χ0n) is 12.4. The summed E-state index contributed by atoms with van der Waals surface area (Å²) >= 11 is 0. The van der Waals surface area contributed by atoms with E-state index in [1.54, 1.807) is 0 Å². The summed E-state index contributed by atoms with van der Waals surface area (Å²) in [7, 11) is 0. The average molecular weight is 319 g/mol. The normalized spacial score (nSPS) is 11.4. The molecule has 8 heteroatoms. The Bertz CT molecular complexity index is 540. The third-order valence-electron chi connectivity index (χ3n) is 2.64. The van der Waals surface area contributed by atoms with E-state index in [-0.39, 0.29) is 24.6 Å². The highest BCUT2D eigenvalue weighted by Crippen LogP contribution is 2.31. The Morgan fingerprint density at radius 1 is 1.14 bits per heavy atom. The van der Waals surface area contributed by atoms with E-state index in [1.807, 2.05) is 0 Å². The van der Waals surface area contributed by atoms with Gasteiger partial charge in [0.25, 0.3) is 0 Å². The van der Waals surface area contributed by atoms with Crippen LogP contribution in [-0.2, 0) is 25.2 Å². The van der Waals surface area contributed by atoms with Crippen molar-refractivity contribution >= 4 is 11.9 Å². The van der Waals surface area contributed by atoms with Crippen molar-refractivity contribution in [3.8, 4) is 0 Å². The third-order valence-corrected chi connectivity index (χ3v) is 2.64. The van der Waals surface area contributed by atoms with E-state index in [2.05, 4.69) is 4.98 Å². The first-order valence-corrected chi connectivity index (χ1v) is 6.59. The highest BCUT2D eigenvalue weighted by Gasteiger charge is 2.37. The molecule has 1 aromatic heterocycles. The molecule has 5 nitrogen and oxygen atoms in total. The van der Waals surface area contributed by atoms with Gasteiger partial charge in [-0.2, -0.15) is 13.2 Å². The van der Waals surface area contributed by atoms with Gasteiger partial charge in [-0.15, -0.1) is 0 Å². The number of aromatic nitrogens is 1. The van der Waals surface area contributed by atoms with E-state index in [4.69, 9.17) is 9.47 Å². The molecule has 0 saturated heterocycles. The summed E-state index contributed by atoms with van der Waals surface area (Å²) in [6.45, 7) is 4.33. The fourth-order valence-corrected chi connectivity index (χ4v) is 1.79. The molecule has 0 fully saturated rings. The Hall–Kier alpha value is -2.12. The van der Waals surface area contributed by atoms with Crippen LogP contribution in [0.15, 0.2) is 12.1 Å². The van der Waals surface area contributed by atoms with E-state index in [0.29, 0.717) is 6.07 Å².